The number of nitrogens with one attached hydrogen (secondary N) is 1. The van der Waals surface area contributed by atoms with Crippen LogP contribution in [0.1, 0.15) is 6.92 Å². The first-order valence-electron chi connectivity index (χ1n) is 5.29. The molecule has 0 aliphatic heterocycles. The number of hydrogen-bond donors (Lipinski definition) is 2. The number of phenolic OH excluding ortho intramolecular Hbond substituents is 1. The molecular formula is C11H15NO6S. The van der Waals surface area contributed by atoms with Gasteiger partial charge in [0.15, 0.2) is 0 Å². The number of rotatable bonds is 5. The van der Waals surface area contributed by atoms with E-state index in [0.29, 0.717) is 5.75 Å². The molecule has 0 bridgehead atoms. The lowest BCUT2D eigenvalue weighted by Crippen LogP contribution is -2.39. The Kier molecular flexibility index (Phi) is 4.73. The van der Waals surface area contributed by atoms with Gasteiger partial charge in [0, 0.05) is 6.07 Å². The summed E-state index contributed by atoms with van der Waals surface area (Å²) in [6.45, 7) is 1.34. The highest BCUT2D eigenvalue weighted by atomic mass is 32.2. The number of esters is 1. The van der Waals surface area contributed by atoms with Crippen LogP contribution in [0.5, 0.6) is 11.5 Å². The van der Waals surface area contributed by atoms with E-state index >= 15 is 0 Å². The number of methoxy groups -OCH3 is 2. The van der Waals surface area contributed by atoms with Crippen molar-refractivity contribution >= 4 is 16.0 Å². The van der Waals surface area contributed by atoms with Crippen molar-refractivity contribution in [2.75, 3.05) is 14.2 Å². The van der Waals surface area contributed by atoms with Gasteiger partial charge in [-0.1, -0.05) is 0 Å². The summed E-state index contributed by atoms with van der Waals surface area (Å²) in [7, 11) is -1.49. The smallest absolute Gasteiger partial charge is 0.323 e. The normalized spacial score (nSPS) is 12.8. The average molecular weight is 289 g/mol. The maximum Gasteiger partial charge on any atom is 0.323 e. The molecule has 0 fully saturated rings. The van der Waals surface area contributed by atoms with E-state index in [4.69, 9.17) is 4.74 Å². The number of sulfonamides is 1. The summed E-state index contributed by atoms with van der Waals surface area (Å²) < 4.78 is 35.3. The fraction of sp³-hybridized carbons (Fsp3) is 0.364. The summed E-state index contributed by atoms with van der Waals surface area (Å²) in [5.74, 6) is -0.877. The van der Waals surface area contributed by atoms with Crippen LogP contribution in [0.2, 0.25) is 0 Å². The monoisotopic (exact) mass is 289 g/mol. The van der Waals surface area contributed by atoms with Gasteiger partial charge in [0.05, 0.1) is 14.2 Å². The molecule has 0 spiro atoms. The molecular weight excluding hydrogens is 274 g/mol. The van der Waals surface area contributed by atoms with E-state index in [2.05, 4.69) is 9.46 Å². The molecule has 0 aliphatic carbocycles. The first kappa shape index (κ1) is 15.3. The quantitative estimate of drug-likeness (QED) is 0.753. The standard InChI is InChI=1S/C11H15NO6S/c1-7(11(14)18-3)12-19(15,16)10-5-4-8(17-2)6-9(10)13/h4-7,12-13H,1-3H3. The fourth-order valence-electron chi connectivity index (χ4n) is 1.37. The maximum atomic E-state index is 12.0. The molecule has 0 radical (unpaired) electrons. The summed E-state index contributed by atoms with van der Waals surface area (Å²) in [5, 5.41) is 9.65. The van der Waals surface area contributed by atoms with Gasteiger partial charge in [-0.05, 0) is 19.1 Å². The van der Waals surface area contributed by atoms with Crippen molar-refractivity contribution in [3.8, 4) is 11.5 Å². The number of carbonyl (C=O) groups excluding carboxylic acids is 1. The van der Waals surface area contributed by atoms with Crippen LogP contribution in [0.15, 0.2) is 23.1 Å². The summed E-state index contributed by atoms with van der Waals surface area (Å²) in [6.07, 6.45) is 0. The van der Waals surface area contributed by atoms with E-state index < -0.39 is 27.8 Å². The van der Waals surface area contributed by atoms with Gasteiger partial charge >= 0.3 is 5.97 Å². The zero-order valence-electron chi connectivity index (χ0n) is 10.7. The largest absolute Gasteiger partial charge is 0.506 e. The Morgan fingerprint density at radius 1 is 1.37 bits per heavy atom. The van der Waals surface area contributed by atoms with Crippen LogP contribution in [0.4, 0.5) is 0 Å². The van der Waals surface area contributed by atoms with Gasteiger partial charge in [0.1, 0.15) is 22.4 Å². The highest BCUT2D eigenvalue weighted by Gasteiger charge is 2.25. The van der Waals surface area contributed by atoms with E-state index in [1.807, 2.05) is 0 Å². The molecule has 1 atom stereocenters. The molecule has 2 N–H and O–H groups in total. The van der Waals surface area contributed by atoms with Crippen LogP contribution in [0, 0.1) is 0 Å². The number of hydrogen-bond acceptors (Lipinski definition) is 6. The zero-order chi connectivity index (χ0) is 14.6. The van der Waals surface area contributed by atoms with Crippen molar-refractivity contribution in [2.45, 2.75) is 17.9 Å². The molecule has 8 heteroatoms. The van der Waals surface area contributed by atoms with E-state index in [0.717, 1.165) is 13.2 Å². The van der Waals surface area contributed by atoms with Crippen molar-refractivity contribution in [1.29, 1.82) is 0 Å². The highest BCUT2D eigenvalue weighted by Crippen LogP contribution is 2.27. The molecule has 0 saturated carbocycles. The van der Waals surface area contributed by atoms with Crippen LogP contribution < -0.4 is 9.46 Å². The Balaban J connectivity index is 3.04. The second kappa shape index (κ2) is 5.89. The summed E-state index contributed by atoms with van der Waals surface area (Å²) in [5.41, 5.74) is 0. The van der Waals surface area contributed by atoms with Gasteiger partial charge < -0.3 is 14.6 Å². The number of ether oxygens (including phenoxy) is 2. The van der Waals surface area contributed by atoms with Crippen LogP contribution in [-0.4, -0.2) is 39.8 Å². The Labute approximate surface area is 111 Å². The molecule has 0 aromatic heterocycles. The summed E-state index contributed by atoms with van der Waals surface area (Å²) in [6, 6.07) is 2.67. The van der Waals surface area contributed by atoms with E-state index in [1.165, 1.54) is 26.2 Å². The van der Waals surface area contributed by atoms with Gasteiger partial charge in [0.25, 0.3) is 0 Å². The fourth-order valence-corrected chi connectivity index (χ4v) is 2.64. The van der Waals surface area contributed by atoms with Gasteiger partial charge in [-0.3, -0.25) is 4.79 Å². The lowest BCUT2D eigenvalue weighted by molar-refractivity contribution is -0.142. The molecule has 19 heavy (non-hydrogen) atoms. The molecule has 106 valence electrons. The molecule has 0 aliphatic rings. The predicted molar refractivity (Wildman–Crippen MR) is 66.5 cm³/mol. The number of carbonyl (C=O) groups is 1. The molecule has 0 amide bonds. The highest BCUT2D eigenvalue weighted by molar-refractivity contribution is 7.89. The van der Waals surface area contributed by atoms with Crippen molar-refractivity contribution in [3.63, 3.8) is 0 Å². The number of aromatic hydroxyl groups is 1. The third kappa shape index (κ3) is 3.58. The van der Waals surface area contributed by atoms with Gasteiger partial charge in [0.2, 0.25) is 10.0 Å². The Bertz CT molecular complexity index is 569. The van der Waals surface area contributed by atoms with Crippen LogP contribution >= 0.6 is 0 Å². The number of phenols is 1. The topological polar surface area (TPSA) is 102 Å². The third-order valence-corrected chi connectivity index (χ3v) is 3.93. The van der Waals surface area contributed by atoms with Crippen molar-refractivity contribution in [2.24, 2.45) is 0 Å². The summed E-state index contributed by atoms with van der Waals surface area (Å²) in [4.78, 5) is 10.8. The first-order chi connectivity index (χ1) is 8.81. The average Bonchev–Trinajstić information content (AvgIpc) is 2.36. The Morgan fingerprint density at radius 2 is 2.00 bits per heavy atom. The molecule has 1 aromatic carbocycles. The molecule has 0 heterocycles. The van der Waals surface area contributed by atoms with E-state index in [-0.39, 0.29) is 4.90 Å². The molecule has 1 unspecified atom stereocenters. The van der Waals surface area contributed by atoms with E-state index in [1.54, 1.807) is 0 Å². The minimum atomic E-state index is -4.03. The molecule has 0 saturated heterocycles. The second-order valence-corrected chi connectivity index (χ2v) is 5.38. The SMILES string of the molecule is COC(=O)C(C)NS(=O)(=O)c1ccc(OC)cc1O. The van der Waals surface area contributed by atoms with Crippen molar-refractivity contribution in [3.05, 3.63) is 18.2 Å². The van der Waals surface area contributed by atoms with Crippen molar-refractivity contribution in [1.82, 2.24) is 4.72 Å². The zero-order valence-corrected chi connectivity index (χ0v) is 11.5. The van der Waals surface area contributed by atoms with Crippen molar-refractivity contribution < 1.29 is 27.8 Å². The van der Waals surface area contributed by atoms with Crippen LogP contribution in [0.25, 0.3) is 0 Å². The molecule has 1 rings (SSSR count). The molecule has 7 nitrogen and oxygen atoms in total. The van der Waals surface area contributed by atoms with Crippen LogP contribution in [-0.2, 0) is 19.6 Å². The van der Waals surface area contributed by atoms with Gasteiger partial charge in [-0.15, -0.1) is 0 Å². The minimum Gasteiger partial charge on any atom is -0.506 e. The molecule has 1 aromatic rings. The third-order valence-electron chi connectivity index (χ3n) is 2.34. The Hall–Kier alpha value is -1.80. The van der Waals surface area contributed by atoms with E-state index in [9.17, 15) is 18.3 Å². The van der Waals surface area contributed by atoms with Gasteiger partial charge in [-0.2, -0.15) is 4.72 Å². The predicted octanol–water partition coefficient (Wildman–Crippen LogP) is 0.241. The lowest BCUT2D eigenvalue weighted by Gasteiger charge is -2.13. The van der Waals surface area contributed by atoms with Crippen LogP contribution in [0.3, 0.4) is 0 Å². The Morgan fingerprint density at radius 3 is 2.47 bits per heavy atom. The lowest BCUT2D eigenvalue weighted by atomic mass is 10.3. The second-order valence-electron chi connectivity index (χ2n) is 3.70. The first-order valence-corrected chi connectivity index (χ1v) is 6.77. The summed E-state index contributed by atoms with van der Waals surface area (Å²) >= 11 is 0. The minimum absolute atomic E-state index is 0.317. The van der Waals surface area contributed by atoms with Gasteiger partial charge in [-0.25, -0.2) is 8.42 Å². The number of benzene rings is 1. The maximum absolute atomic E-state index is 12.0.